The van der Waals surface area contributed by atoms with Crippen LogP contribution in [0.4, 0.5) is 0 Å². The molecular weight excluding hydrogens is 292 g/mol. The summed E-state index contributed by atoms with van der Waals surface area (Å²) in [5.74, 6) is 0. The van der Waals surface area contributed by atoms with Crippen molar-refractivity contribution in [3.05, 3.63) is 0 Å². The van der Waals surface area contributed by atoms with E-state index in [1.54, 1.807) is 55.1 Å². The molecule has 10 rings (SSSR count). The molecule has 0 bridgehead atoms. The van der Waals surface area contributed by atoms with Crippen molar-refractivity contribution in [1.82, 2.24) is 0 Å². The van der Waals surface area contributed by atoms with Crippen LogP contribution in [0, 0.1) is 0 Å². The molecule has 0 radical (unpaired) electrons. The Labute approximate surface area is 97.1 Å². The van der Waals surface area contributed by atoms with Crippen LogP contribution in [0.5, 0.6) is 0 Å². The predicted octanol–water partition coefficient (Wildman–Crippen LogP) is 3.36. The monoisotopic (exact) mass is 310 g/mol. The Hall–Kier alpha value is 0.429. The van der Waals surface area contributed by atoms with Gasteiger partial charge in [-0.1, -0.05) is 0 Å². The molecule has 18 heavy (non-hydrogen) atoms. The zero-order valence-electron chi connectivity index (χ0n) is 10.5. The van der Waals surface area contributed by atoms with Gasteiger partial charge in [-0.3, -0.25) is 4.18 Å². The van der Waals surface area contributed by atoms with Crippen molar-refractivity contribution in [3.8, 4) is 0 Å². The third kappa shape index (κ3) is 0.0936. The van der Waals surface area contributed by atoms with Gasteiger partial charge in [-0.2, -0.15) is 8.42 Å². The zero-order valence-corrected chi connectivity index (χ0v) is 12.4. The summed E-state index contributed by atoms with van der Waals surface area (Å²) in [6, 6.07) is 0. The molecule has 0 aromatic rings. The first-order valence-electron chi connectivity index (χ1n) is 7.28. The van der Waals surface area contributed by atoms with E-state index >= 15 is 0 Å². The average Bonchev–Trinajstić information content (AvgIpc) is 3.23. The van der Waals surface area contributed by atoms with E-state index in [-0.39, 0.29) is 6.61 Å². The van der Waals surface area contributed by atoms with Gasteiger partial charge in [-0.15, -0.1) is 0 Å². The third-order valence-corrected chi connectivity index (χ3v) is 57.5. The molecule has 102 valence electrons. The fourth-order valence-electron chi connectivity index (χ4n) is 16.0. The standard InChI is InChI=1S/2C5H5.C3H8O3S.Fe/c2*1-2-4-5-3-1;1-3-6-7(2,4)5;/h2*1-5H;3H2,1-2H3;. The molecule has 10 saturated heterocycles. The molecule has 10 aliphatic rings. The number of hydrogen-bond acceptors (Lipinski definition) is 3. The summed E-state index contributed by atoms with van der Waals surface area (Å²) < 4.78 is 24.2. The van der Waals surface area contributed by atoms with Crippen LogP contribution in [0.1, 0.15) is 6.92 Å². The van der Waals surface area contributed by atoms with Crippen LogP contribution in [-0.4, -0.2) is 21.3 Å². The molecule has 0 amide bonds. The summed E-state index contributed by atoms with van der Waals surface area (Å²) in [5.41, 5.74) is 0. The second-order valence-electron chi connectivity index (χ2n) is 10.7. The molecule has 10 heterocycles. The first-order valence-corrected chi connectivity index (χ1v) is 15.5. The van der Waals surface area contributed by atoms with Crippen molar-refractivity contribution in [1.29, 1.82) is 0 Å². The van der Waals surface area contributed by atoms with Gasteiger partial charge < -0.3 is 0 Å². The van der Waals surface area contributed by atoms with Crippen molar-refractivity contribution in [2.45, 2.75) is 55.1 Å². The van der Waals surface area contributed by atoms with Crippen LogP contribution in [0.25, 0.3) is 0 Å². The molecule has 10 fully saturated rings. The number of rotatable bonds is 2. The molecule has 0 unspecified atom stereocenters. The Morgan fingerprint density at radius 3 is 1.11 bits per heavy atom. The molecule has 1 spiro atoms. The van der Waals surface area contributed by atoms with Crippen LogP contribution in [0.3, 0.4) is 0 Å². The van der Waals surface area contributed by atoms with Crippen LogP contribution in [-0.2, 0) is 20.8 Å². The van der Waals surface area contributed by atoms with Crippen molar-refractivity contribution in [3.63, 3.8) is 0 Å². The molecule has 0 aromatic heterocycles. The van der Waals surface area contributed by atoms with Gasteiger partial charge in [-0.25, -0.2) is 0 Å². The van der Waals surface area contributed by atoms with E-state index < -0.39 is 16.6 Å². The van der Waals surface area contributed by atoms with Crippen LogP contribution >= 0.6 is 0 Å². The Bertz CT molecular complexity index is 830. The SMILES string of the molecule is CCOS(C)(=O)=O.[CH]12[CH]3[CH]4[CH]5[CH]1[Fe]23451678[CH]2[CH]1[CH]6[CH]7[CH]28. The molecule has 10 aliphatic heterocycles. The molecule has 5 heteroatoms. The molecule has 0 N–H and O–H groups in total. The first-order chi connectivity index (χ1) is 8.22. The zero-order chi connectivity index (χ0) is 12.0. The van der Waals surface area contributed by atoms with Crippen LogP contribution in [0.15, 0.2) is 0 Å². The fourth-order valence-corrected chi connectivity index (χ4v) is 88.6. The molecule has 0 aliphatic carbocycles. The van der Waals surface area contributed by atoms with Gasteiger partial charge in [0.05, 0.1) is 12.9 Å². The van der Waals surface area contributed by atoms with Crippen molar-refractivity contribution >= 4 is 10.1 Å². The second-order valence-corrected chi connectivity index (χ2v) is 36.3. The van der Waals surface area contributed by atoms with Crippen molar-refractivity contribution in [2.75, 3.05) is 12.9 Å². The Balaban J connectivity index is 0.0000000885. The van der Waals surface area contributed by atoms with Gasteiger partial charge in [0.15, 0.2) is 0 Å². The first kappa shape index (κ1) is 8.02. The Morgan fingerprint density at radius 1 is 0.833 bits per heavy atom. The van der Waals surface area contributed by atoms with E-state index in [1.807, 2.05) is 0 Å². The van der Waals surface area contributed by atoms with Gasteiger partial charge in [0.25, 0.3) is 10.1 Å². The van der Waals surface area contributed by atoms with Crippen molar-refractivity contribution in [2.24, 2.45) is 0 Å². The summed E-state index contributed by atoms with van der Waals surface area (Å²) in [7, 11) is -3.17. The minimum atomic E-state index is -3.17. The van der Waals surface area contributed by atoms with Crippen molar-refractivity contribution < 1.29 is 19.1 Å². The summed E-state index contributed by atoms with van der Waals surface area (Å²) in [6.45, 7) is -0.436. The van der Waals surface area contributed by atoms with E-state index in [2.05, 4.69) is 4.18 Å². The summed E-state index contributed by atoms with van der Waals surface area (Å²) in [5, 5.41) is 0. The Morgan fingerprint density at radius 2 is 1.11 bits per heavy atom. The normalized spacial score (nSPS) is 109. The van der Waals surface area contributed by atoms with E-state index in [4.69, 9.17) is 0 Å². The Kier molecular flexibility index (Phi) is 0.301. The summed E-state index contributed by atoms with van der Waals surface area (Å²) in [4.78, 5) is 15.9. The molecule has 0 saturated carbocycles. The van der Waals surface area contributed by atoms with E-state index in [9.17, 15) is 8.42 Å². The second kappa shape index (κ2) is 0.676. The van der Waals surface area contributed by atoms with Gasteiger partial charge in [0.1, 0.15) is 0 Å². The molecule has 0 atom stereocenters. The van der Waals surface area contributed by atoms with E-state index in [1.165, 1.54) is 0 Å². The van der Waals surface area contributed by atoms with Gasteiger partial charge >= 0.3 is 54.7 Å². The third-order valence-electron chi connectivity index (χ3n) is 14.9. The van der Waals surface area contributed by atoms with E-state index in [0.717, 1.165) is 6.26 Å². The van der Waals surface area contributed by atoms with E-state index in [0.29, 0.717) is 0 Å². The molecule has 3 nitrogen and oxygen atoms in total. The van der Waals surface area contributed by atoms with Gasteiger partial charge in [-0.05, 0) is 6.92 Å². The van der Waals surface area contributed by atoms with Crippen LogP contribution in [0.2, 0.25) is 48.2 Å². The predicted molar refractivity (Wildman–Crippen MR) is 64.0 cm³/mol. The average molecular weight is 310 g/mol. The summed E-state index contributed by atoms with van der Waals surface area (Å²) >= 11 is 0. The fraction of sp³-hybridized carbons (Fsp3) is 1.00. The topological polar surface area (TPSA) is 43.4 Å². The van der Waals surface area contributed by atoms with Gasteiger partial charge in [0, 0.05) is 0 Å². The maximum absolute atomic E-state index is 10.0. The summed E-state index contributed by atoms with van der Waals surface area (Å²) in [6.07, 6.45) is 1.02. The molecular formula is C13H18FeO3S. The van der Waals surface area contributed by atoms with Crippen LogP contribution < -0.4 is 0 Å². The van der Waals surface area contributed by atoms with Gasteiger partial charge in [0.2, 0.25) is 0 Å². The quantitative estimate of drug-likeness (QED) is 0.580. The molecule has 0 aromatic carbocycles. The number of hydrogen-bond donors (Lipinski definition) is 0. The number of fused-ring (bicyclic) bond motifs is 10. The minimum absolute atomic E-state index is 0.221. The maximum atomic E-state index is 10.0.